The van der Waals surface area contributed by atoms with Crippen molar-refractivity contribution in [1.82, 2.24) is 5.43 Å². The van der Waals surface area contributed by atoms with E-state index >= 15 is 0 Å². The molecular formula is C15H16N2O2. The topological polar surface area (TPSA) is 50.7 Å². The van der Waals surface area contributed by atoms with Crippen LogP contribution in [0.3, 0.4) is 0 Å². The average molecular weight is 256 g/mol. The Kier molecular flexibility index (Phi) is 4.50. The maximum atomic E-state index is 11.0. The largest absolute Gasteiger partial charge is 0.489 e. The number of rotatable bonds is 5. The summed E-state index contributed by atoms with van der Waals surface area (Å²) in [5.74, 6) is 0.769. The normalized spacial score (nSPS) is 14.9. The van der Waals surface area contributed by atoms with E-state index in [4.69, 9.17) is 4.74 Å². The van der Waals surface area contributed by atoms with Crippen LogP contribution in [-0.4, -0.2) is 18.2 Å². The minimum absolute atomic E-state index is 0.0353. The van der Waals surface area contributed by atoms with Crippen molar-refractivity contribution in [2.75, 3.05) is 6.61 Å². The number of hydrazone groups is 1. The van der Waals surface area contributed by atoms with E-state index in [9.17, 15) is 4.79 Å². The van der Waals surface area contributed by atoms with Crippen molar-refractivity contribution in [3.63, 3.8) is 0 Å². The van der Waals surface area contributed by atoms with Gasteiger partial charge in [-0.25, -0.2) is 5.43 Å². The molecule has 4 nitrogen and oxygen atoms in total. The second kappa shape index (κ2) is 6.54. The van der Waals surface area contributed by atoms with Gasteiger partial charge in [0, 0.05) is 18.4 Å². The third kappa shape index (κ3) is 3.81. The lowest BCUT2D eigenvalue weighted by Crippen LogP contribution is -2.24. The second-order valence-corrected chi connectivity index (χ2v) is 4.11. The zero-order chi connectivity index (χ0) is 13.5. The first-order valence-corrected chi connectivity index (χ1v) is 6.16. The van der Waals surface area contributed by atoms with Crippen LogP contribution in [0, 0.1) is 0 Å². The monoisotopic (exact) mass is 256 g/mol. The minimum Gasteiger partial charge on any atom is -0.489 e. The summed E-state index contributed by atoms with van der Waals surface area (Å²) in [5.41, 5.74) is 4.31. The Morgan fingerprint density at radius 2 is 2.16 bits per heavy atom. The Balaban J connectivity index is 2.09. The van der Waals surface area contributed by atoms with Crippen LogP contribution in [0.15, 0.2) is 48.1 Å². The van der Waals surface area contributed by atoms with Gasteiger partial charge >= 0.3 is 0 Å². The highest BCUT2D eigenvalue weighted by Crippen LogP contribution is 2.19. The average Bonchev–Trinajstić information content (AvgIpc) is 2.45. The first kappa shape index (κ1) is 13.1. The molecular weight excluding hydrogens is 240 g/mol. The van der Waals surface area contributed by atoms with Crippen molar-refractivity contribution in [2.45, 2.75) is 12.8 Å². The van der Waals surface area contributed by atoms with Gasteiger partial charge in [-0.05, 0) is 18.2 Å². The third-order valence-electron chi connectivity index (χ3n) is 2.66. The molecule has 4 heteroatoms. The smallest absolute Gasteiger partial charge is 0.240 e. The highest BCUT2D eigenvalue weighted by molar-refractivity contribution is 6.02. The number of hydrogen-bond donors (Lipinski definition) is 1. The quantitative estimate of drug-likeness (QED) is 0.823. The van der Waals surface area contributed by atoms with Gasteiger partial charge in [0.1, 0.15) is 12.4 Å². The standard InChI is InChI=1S/C15H16N2O2/c1-2-11-19-14-6-4-3-5-12(14)7-8-13-9-10-15(18)17-16-13/h2-8H,1,9-11H2,(H,17,18). The first-order chi connectivity index (χ1) is 9.29. The lowest BCUT2D eigenvalue weighted by Gasteiger charge is -2.09. The number of ether oxygens (including phenoxy) is 1. The zero-order valence-corrected chi connectivity index (χ0v) is 10.6. The molecule has 1 aromatic carbocycles. The molecule has 0 spiro atoms. The van der Waals surface area contributed by atoms with E-state index in [2.05, 4.69) is 17.1 Å². The number of nitrogens with zero attached hydrogens (tertiary/aromatic N) is 1. The van der Waals surface area contributed by atoms with Crippen molar-refractivity contribution in [2.24, 2.45) is 5.10 Å². The van der Waals surface area contributed by atoms with Crippen molar-refractivity contribution in [1.29, 1.82) is 0 Å². The molecule has 1 aromatic rings. The highest BCUT2D eigenvalue weighted by Gasteiger charge is 2.08. The molecule has 0 saturated carbocycles. The number of benzene rings is 1. The number of carbonyl (C=O) groups is 1. The molecule has 19 heavy (non-hydrogen) atoms. The Bertz CT molecular complexity index is 533. The van der Waals surface area contributed by atoms with Gasteiger partial charge < -0.3 is 4.74 Å². The van der Waals surface area contributed by atoms with Crippen LogP contribution in [0.2, 0.25) is 0 Å². The predicted octanol–water partition coefficient (Wildman–Crippen LogP) is 2.53. The van der Waals surface area contributed by atoms with Crippen molar-refractivity contribution in [3.05, 3.63) is 48.6 Å². The molecule has 0 fully saturated rings. The fraction of sp³-hybridized carbons (Fsp3) is 0.200. The number of allylic oxidation sites excluding steroid dienone is 1. The summed E-state index contributed by atoms with van der Waals surface area (Å²) in [5, 5.41) is 3.99. The molecule has 98 valence electrons. The van der Waals surface area contributed by atoms with Crippen molar-refractivity contribution in [3.8, 4) is 5.75 Å². The summed E-state index contributed by atoms with van der Waals surface area (Å²) in [6.07, 6.45) is 6.70. The molecule has 2 rings (SSSR count). The summed E-state index contributed by atoms with van der Waals surface area (Å²) in [7, 11) is 0. The molecule has 1 amide bonds. The number of amides is 1. The van der Waals surface area contributed by atoms with Crippen molar-refractivity contribution >= 4 is 17.7 Å². The minimum atomic E-state index is -0.0353. The zero-order valence-electron chi connectivity index (χ0n) is 10.6. The molecule has 1 heterocycles. The lowest BCUT2D eigenvalue weighted by atomic mass is 10.1. The van der Waals surface area contributed by atoms with E-state index in [1.807, 2.05) is 36.4 Å². The second-order valence-electron chi connectivity index (χ2n) is 4.11. The van der Waals surface area contributed by atoms with E-state index in [0.717, 1.165) is 17.0 Å². The molecule has 0 unspecified atom stereocenters. The molecule has 0 bridgehead atoms. The van der Waals surface area contributed by atoms with E-state index in [1.165, 1.54) is 0 Å². The summed E-state index contributed by atoms with van der Waals surface area (Å²) in [6, 6.07) is 7.75. The van der Waals surface area contributed by atoms with Crippen LogP contribution in [0.1, 0.15) is 18.4 Å². The Labute approximate surface area is 112 Å². The number of nitrogens with one attached hydrogen (secondary N) is 1. The van der Waals surface area contributed by atoms with E-state index in [0.29, 0.717) is 19.4 Å². The molecule has 1 aliphatic rings. The molecule has 0 aliphatic carbocycles. The van der Waals surface area contributed by atoms with Crippen LogP contribution in [0.5, 0.6) is 5.75 Å². The third-order valence-corrected chi connectivity index (χ3v) is 2.66. The van der Waals surface area contributed by atoms with E-state index in [-0.39, 0.29) is 5.91 Å². The van der Waals surface area contributed by atoms with Gasteiger partial charge in [-0.15, -0.1) is 0 Å². The van der Waals surface area contributed by atoms with Gasteiger partial charge in [0.15, 0.2) is 0 Å². The Morgan fingerprint density at radius 3 is 2.89 bits per heavy atom. The summed E-state index contributed by atoms with van der Waals surface area (Å²) in [6.45, 7) is 4.10. The fourth-order valence-electron chi connectivity index (χ4n) is 1.69. The van der Waals surface area contributed by atoms with Crippen LogP contribution in [-0.2, 0) is 4.79 Å². The van der Waals surface area contributed by atoms with Gasteiger partial charge in [-0.1, -0.05) is 30.9 Å². The van der Waals surface area contributed by atoms with Crippen LogP contribution in [0.25, 0.3) is 6.08 Å². The first-order valence-electron chi connectivity index (χ1n) is 6.16. The number of para-hydroxylation sites is 1. The Morgan fingerprint density at radius 1 is 1.32 bits per heavy atom. The molecule has 0 radical (unpaired) electrons. The van der Waals surface area contributed by atoms with Gasteiger partial charge in [-0.2, -0.15) is 5.10 Å². The van der Waals surface area contributed by atoms with Crippen molar-refractivity contribution < 1.29 is 9.53 Å². The molecule has 1 aliphatic heterocycles. The number of hydrogen-bond acceptors (Lipinski definition) is 3. The summed E-state index contributed by atoms with van der Waals surface area (Å²) < 4.78 is 5.56. The highest BCUT2D eigenvalue weighted by atomic mass is 16.5. The SMILES string of the molecule is C=CCOc1ccccc1C=CC1=NNC(=O)CC1. The fourth-order valence-corrected chi connectivity index (χ4v) is 1.69. The molecule has 0 aromatic heterocycles. The van der Waals surface area contributed by atoms with Gasteiger partial charge in [0.05, 0.1) is 5.71 Å². The van der Waals surface area contributed by atoms with E-state index < -0.39 is 0 Å². The van der Waals surface area contributed by atoms with Gasteiger partial charge in [0.2, 0.25) is 5.91 Å². The lowest BCUT2D eigenvalue weighted by molar-refractivity contribution is -0.121. The van der Waals surface area contributed by atoms with Gasteiger partial charge in [0.25, 0.3) is 0 Å². The van der Waals surface area contributed by atoms with Crippen LogP contribution in [0.4, 0.5) is 0 Å². The summed E-state index contributed by atoms with van der Waals surface area (Å²) >= 11 is 0. The molecule has 0 saturated heterocycles. The number of carbonyl (C=O) groups excluding carboxylic acids is 1. The van der Waals surface area contributed by atoms with Gasteiger partial charge in [-0.3, -0.25) is 4.79 Å². The van der Waals surface area contributed by atoms with E-state index in [1.54, 1.807) is 6.08 Å². The molecule has 1 N–H and O–H groups in total. The predicted molar refractivity (Wildman–Crippen MR) is 76.0 cm³/mol. The summed E-state index contributed by atoms with van der Waals surface area (Å²) in [4.78, 5) is 11.0. The maximum Gasteiger partial charge on any atom is 0.240 e. The van der Waals surface area contributed by atoms with Crippen LogP contribution < -0.4 is 10.2 Å². The molecule has 0 atom stereocenters. The van der Waals surface area contributed by atoms with Crippen LogP contribution >= 0.6 is 0 Å². The maximum absolute atomic E-state index is 11.0. The Hall–Kier alpha value is -2.36.